The number of nitrogens with one attached hydrogen (secondary N) is 1. The first-order valence-corrected chi connectivity index (χ1v) is 9.04. The molecule has 0 bridgehead atoms. The normalized spacial score (nSPS) is 22.9. The highest BCUT2D eigenvalue weighted by Gasteiger charge is 2.32. The standard InChI is InChI=1S/C14H18N2O2S2/c1-9-6-10(7-9)16-20(17,18)14-11-4-2-3-5-12(11)19-13(14)8-15/h2-5,9-10,16H,6-8,15H2,1H3. The molecule has 2 aromatic rings. The average Bonchev–Trinajstić information content (AvgIpc) is 2.75. The van der Waals surface area contributed by atoms with Crippen LogP contribution in [0.2, 0.25) is 0 Å². The molecule has 0 amide bonds. The van der Waals surface area contributed by atoms with Crippen LogP contribution < -0.4 is 10.5 Å². The summed E-state index contributed by atoms with van der Waals surface area (Å²) in [4.78, 5) is 1.10. The van der Waals surface area contributed by atoms with Crippen molar-refractivity contribution in [2.75, 3.05) is 0 Å². The lowest BCUT2D eigenvalue weighted by Gasteiger charge is -2.32. The van der Waals surface area contributed by atoms with E-state index in [1.165, 1.54) is 11.3 Å². The third-order valence-electron chi connectivity index (χ3n) is 3.77. The van der Waals surface area contributed by atoms with Gasteiger partial charge in [0.1, 0.15) is 4.90 Å². The van der Waals surface area contributed by atoms with Gasteiger partial charge < -0.3 is 5.73 Å². The number of rotatable bonds is 4. The average molecular weight is 310 g/mol. The molecule has 1 aromatic carbocycles. The van der Waals surface area contributed by atoms with Gasteiger partial charge in [-0.3, -0.25) is 0 Å². The van der Waals surface area contributed by atoms with Crippen molar-refractivity contribution in [2.24, 2.45) is 11.7 Å². The van der Waals surface area contributed by atoms with Gasteiger partial charge in [0, 0.05) is 27.5 Å². The fourth-order valence-electron chi connectivity index (χ4n) is 2.78. The Morgan fingerprint density at radius 3 is 2.70 bits per heavy atom. The number of thiophene rings is 1. The van der Waals surface area contributed by atoms with Crippen LogP contribution in [-0.2, 0) is 16.6 Å². The Morgan fingerprint density at radius 2 is 2.05 bits per heavy atom. The van der Waals surface area contributed by atoms with Gasteiger partial charge in [-0.1, -0.05) is 25.1 Å². The van der Waals surface area contributed by atoms with Crippen molar-refractivity contribution in [1.29, 1.82) is 0 Å². The van der Waals surface area contributed by atoms with Crippen molar-refractivity contribution in [2.45, 2.75) is 37.2 Å². The molecule has 6 heteroatoms. The summed E-state index contributed by atoms with van der Waals surface area (Å²) in [5.74, 6) is 0.607. The molecule has 0 unspecified atom stereocenters. The second kappa shape index (κ2) is 5.11. The molecule has 0 aliphatic heterocycles. The molecule has 108 valence electrons. The molecule has 1 aliphatic rings. The van der Waals surface area contributed by atoms with Gasteiger partial charge in [-0.25, -0.2) is 13.1 Å². The van der Waals surface area contributed by atoms with E-state index < -0.39 is 10.0 Å². The van der Waals surface area contributed by atoms with Gasteiger partial charge in [0.25, 0.3) is 0 Å². The van der Waals surface area contributed by atoms with Crippen LogP contribution in [0.15, 0.2) is 29.2 Å². The van der Waals surface area contributed by atoms with E-state index in [0.717, 1.165) is 27.8 Å². The minimum Gasteiger partial charge on any atom is -0.326 e. The lowest BCUT2D eigenvalue weighted by Crippen LogP contribution is -2.43. The Labute approximate surface area is 123 Å². The van der Waals surface area contributed by atoms with Gasteiger partial charge in [0.05, 0.1) is 0 Å². The van der Waals surface area contributed by atoms with Crippen molar-refractivity contribution < 1.29 is 8.42 Å². The quantitative estimate of drug-likeness (QED) is 0.911. The molecule has 1 saturated carbocycles. The predicted octanol–water partition coefficient (Wildman–Crippen LogP) is 2.44. The molecule has 3 N–H and O–H groups in total. The molecule has 0 saturated heterocycles. The van der Waals surface area contributed by atoms with Crippen molar-refractivity contribution in [3.8, 4) is 0 Å². The van der Waals surface area contributed by atoms with Gasteiger partial charge >= 0.3 is 0 Å². The SMILES string of the molecule is CC1CC(NS(=O)(=O)c2c(CN)sc3ccccc23)C1. The summed E-state index contributed by atoms with van der Waals surface area (Å²) in [7, 11) is -3.49. The second-order valence-electron chi connectivity index (χ2n) is 5.45. The summed E-state index contributed by atoms with van der Waals surface area (Å²) in [5.41, 5.74) is 5.73. The largest absolute Gasteiger partial charge is 0.326 e. The van der Waals surface area contributed by atoms with Crippen LogP contribution in [-0.4, -0.2) is 14.5 Å². The minimum absolute atomic E-state index is 0.0688. The number of sulfonamides is 1. The topological polar surface area (TPSA) is 72.2 Å². The van der Waals surface area contributed by atoms with Crippen molar-refractivity contribution in [3.05, 3.63) is 29.1 Å². The van der Waals surface area contributed by atoms with E-state index in [2.05, 4.69) is 11.6 Å². The maximum absolute atomic E-state index is 12.6. The van der Waals surface area contributed by atoms with Gasteiger partial charge in [-0.15, -0.1) is 11.3 Å². The lowest BCUT2D eigenvalue weighted by molar-refractivity contribution is 0.270. The highest BCUT2D eigenvalue weighted by molar-refractivity contribution is 7.90. The minimum atomic E-state index is -3.49. The van der Waals surface area contributed by atoms with Gasteiger partial charge in [-0.05, 0) is 24.8 Å². The monoisotopic (exact) mass is 310 g/mol. The molecule has 3 rings (SSSR count). The maximum atomic E-state index is 12.6. The van der Waals surface area contributed by atoms with Gasteiger partial charge in [-0.2, -0.15) is 0 Å². The van der Waals surface area contributed by atoms with Crippen LogP contribution in [0.4, 0.5) is 0 Å². The molecule has 20 heavy (non-hydrogen) atoms. The number of fused-ring (bicyclic) bond motifs is 1. The second-order valence-corrected chi connectivity index (χ2v) is 8.24. The summed E-state index contributed by atoms with van der Waals surface area (Å²) < 4.78 is 29.1. The zero-order chi connectivity index (χ0) is 14.3. The van der Waals surface area contributed by atoms with Crippen LogP contribution >= 0.6 is 11.3 Å². The van der Waals surface area contributed by atoms with E-state index in [1.807, 2.05) is 24.3 Å². The predicted molar refractivity (Wildman–Crippen MR) is 82.2 cm³/mol. The van der Waals surface area contributed by atoms with Gasteiger partial charge in [0.2, 0.25) is 10.0 Å². The van der Waals surface area contributed by atoms with E-state index in [1.54, 1.807) is 0 Å². The maximum Gasteiger partial charge on any atom is 0.242 e. The molecule has 0 atom stereocenters. The molecular weight excluding hydrogens is 292 g/mol. The smallest absolute Gasteiger partial charge is 0.242 e. The Morgan fingerprint density at radius 1 is 1.35 bits per heavy atom. The van der Waals surface area contributed by atoms with E-state index in [0.29, 0.717) is 10.8 Å². The number of hydrogen-bond donors (Lipinski definition) is 2. The lowest BCUT2D eigenvalue weighted by atomic mass is 9.83. The first-order chi connectivity index (χ1) is 9.51. The molecule has 0 radical (unpaired) electrons. The van der Waals surface area contributed by atoms with E-state index >= 15 is 0 Å². The summed E-state index contributed by atoms with van der Waals surface area (Å²) in [6.07, 6.45) is 1.83. The van der Waals surface area contributed by atoms with Crippen LogP contribution in [0, 0.1) is 5.92 Å². The Hall–Kier alpha value is -0.950. The molecule has 1 aromatic heterocycles. The number of nitrogens with two attached hydrogens (primary N) is 1. The fourth-order valence-corrected chi connectivity index (χ4v) is 5.87. The van der Waals surface area contributed by atoms with Crippen molar-refractivity contribution in [1.82, 2.24) is 4.72 Å². The molecule has 0 spiro atoms. The van der Waals surface area contributed by atoms with Crippen LogP contribution in [0.25, 0.3) is 10.1 Å². The summed E-state index contributed by atoms with van der Waals surface area (Å²) in [6, 6.07) is 7.63. The molecule has 1 aliphatic carbocycles. The number of benzene rings is 1. The summed E-state index contributed by atoms with van der Waals surface area (Å²) >= 11 is 1.46. The highest BCUT2D eigenvalue weighted by atomic mass is 32.2. The fraction of sp³-hybridized carbons (Fsp3) is 0.429. The molecule has 1 heterocycles. The first-order valence-electron chi connectivity index (χ1n) is 6.74. The van der Waals surface area contributed by atoms with Gasteiger partial charge in [0.15, 0.2) is 0 Å². The van der Waals surface area contributed by atoms with E-state index in [4.69, 9.17) is 5.73 Å². The third kappa shape index (κ3) is 2.37. The highest BCUT2D eigenvalue weighted by Crippen LogP contribution is 2.35. The number of hydrogen-bond acceptors (Lipinski definition) is 4. The zero-order valence-corrected chi connectivity index (χ0v) is 12.9. The van der Waals surface area contributed by atoms with Crippen molar-refractivity contribution >= 4 is 31.4 Å². The van der Waals surface area contributed by atoms with Crippen molar-refractivity contribution in [3.63, 3.8) is 0 Å². The third-order valence-corrected chi connectivity index (χ3v) is 6.74. The Bertz CT molecular complexity index is 731. The van der Waals surface area contributed by atoms with Crippen LogP contribution in [0.1, 0.15) is 24.6 Å². The Kier molecular flexibility index (Phi) is 3.58. The molecule has 1 fully saturated rings. The first kappa shape index (κ1) is 14.0. The van der Waals surface area contributed by atoms with Crippen LogP contribution in [0.3, 0.4) is 0 Å². The van der Waals surface area contributed by atoms with Crippen LogP contribution in [0.5, 0.6) is 0 Å². The van der Waals surface area contributed by atoms with E-state index in [-0.39, 0.29) is 12.6 Å². The molecular formula is C14H18N2O2S2. The summed E-state index contributed by atoms with van der Waals surface area (Å²) in [6.45, 7) is 2.38. The Balaban J connectivity index is 2.03. The molecule has 4 nitrogen and oxygen atoms in total. The van der Waals surface area contributed by atoms with E-state index in [9.17, 15) is 8.42 Å². The summed E-state index contributed by atoms with van der Waals surface area (Å²) in [5, 5.41) is 0.776. The zero-order valence-electron chi connectivity index (χ0n) is 11.3.